The molecule has 2 rings (SSSR count). The highest BCUT2D eigenvalue weighted by molar-refractivity contribution is 5.34. The van der Waals surface area contributed by atoms with Gasteiger partial charge in [-0.05, 0) is 23.5 Å². The summed E-state index contributed by atoms with van der Waals surface area (Å²) in [5.41, 5.74) is 7.12. The fourth-order valence-electron chi connectivity index (χ4n) is 2.07. The maximum atomic E-state index is 5.79. The minimum Gasteiger partial charge on any atom is -0.324 e. The van der Waals surface area contributed by atoms with Crippen molar-refractivity contribution in [3.8, 4) is 5.69 Å². The molecule has 0 bridgehead atoms. The van der Waals surface area contributed by atoms with E-state index >= 15 is 0 Å². The average Bonchev–Trinajstić information content (AvgIpc) is 2.81. The summed E-state index contributed by atoms with van der Waals surface area (Å²) in [6.45, 7) is 9.41. The lowest BCUT2D eigenvalue weighted by Gasteiger charge is -2.27. The third-order valence-corrected chi connectivity index (χ3v) is 3.96. The van der Waals surface area contributed by atoms with Crippen molar-refractivity contribution in [1.29, 1.82) is 0 Å². The molecule has 20 heavy (non-hydrogen) atoms. The van der Waals surface area contributed by atoms with Crippen LogP contribution in [0.3, 0.4) is 0 Å². The van der Waals surface area contributed by atoms with Gasteiger partial charge < -0.3 is 5.73 Å². The Balaban J connectivity index is 2.38. The first-order chi connectivity index (χ1) is 9.43. The zero-order chi connectivity index (χ0) is 14.8. The summed E-state index contributed by atoms with van der Waals surface area (Å²) >= 11 is 0. The number of nitrogens with two attached hydrogens (primary N) is 1. The monoisotopic (exact) mass is 272 g/mol. The molecule has 0 aliphatic rings. The molecular weight excluding hydrogens is 248 g/mol. The van der Waals surface area contributed by atoms with Crippen LogP contribution in [-0.2, 0) is 13.0 Å². The minimum absolute atomic E-state index is 0.246. The third kappa shape index (κ3) is 3.07. The van der Waals surface area contributed by atoms with Gasteiger partial charge in [0.25, 0.3) is 0 Å². The summed E-state index contributed by atoms with van der Waals surface area (Å²) in [4.78, 5) is 0. The quantitative estimate of drug-likeness (QED) is 0.931. The number of rotatable bonds is 4. The Morgan fingerprint density at radius 2 is 1.70 bits per heavy atom. The van der Waals surface area contributed by atoms with Crippen molar-refractivity contribution in [3.05, 3.63) is 42.0 Å². The van der Waals surface area contributed by atoms with E-state index in [0.717, 1.165) is 23.8 Å². The molecule has 0 radical (unpaired) electrons. The van der Waals surface area contributed by atoms with Gasteiger partial charge in [0.05, 0.1) is 6.54 Å². The van der Waals surface area contributed by atoms with E-state index in [1.165, 1.54) is 0 Å². The molecule has 108 valence electrons. The summed E-state index contributed by atoms with van der Waals surface area (Å²) in [7, 11) is 0. The fourth-order valence-corrected chi connectivity index (χ4v) is 2.07. The average molecular weight is 272 g/mol. The lowest BCUT2D eigenvalue weighted by Crippen LogP contribution is -2.21. The molecular formula is C16H24N4. The summed E-state index contributed by atoms with van der Waals surface area (Å²) < 4.78 is 2.09. The first-order valence-corrected chi connectivity index (χ1v) is 7.12. The Bertz CT molecular complexity index is 552. The Morgan fingerprint density at radius 1 is 1.10 bits per heavy atom. The summed E-state index contributed by atoms with van der Waals surface area (Å²) in [5, 5.41) is 8.58. The van der Waals surface area contributed by atoms with E-state index < -0.39 is 0 Å². The van der Waals surface area contributed by atoms with Crippen LogP contribution in [-0.4, -0.2) is 14.8 Å². The third-order valence-electron chi connectivity index (χ3n) is 3.96. The predicted octanol–water partition coefficient (Wildman–Crippen LogP) is 2.95. The molecule has 0 saturated carbocycles. The molecule has 0 amide bonds. The van der Waals surface area contributed by atoms with Crippen molar-refractivity contribution >= 4 is 0 Å². The number of aromatic nitrogens is 3. The van der Waals surface area contributed by atoms with E-state index in [4.69, 9.17) is 5.73 Å². The number of hydrogen-bond donors (Lipinski definition) is 1. The van der Waals surface area contributed by atoms with Gasteiger partial charge in [-0.25, -0.2) is 0 Å². The van der Waals surface area contributed by atoms with Crippen LogP contribution in [0.1, 0.15) is 39.3 Å². The first-order valence-electron chi connectivity index (χ1n) is 7.12. The molecule has 1 unspecified atom stereocenters. The van der Waals surface area contributed by atoms with Crippen molar-refractivity contribution < 1.29 is 0 Å². The summed E-state index contributed by atoms with van der Waals surface area (Å²) in [6, 6.07) is 10.2. The highest BCUT2D eigenvalue weighted by Crippen LogP contribution is 2.28. The van der Waals surface area contributed by atoms with Crippen LogP contribution in [0.2, 0.25) is 0 Å². The van der Waals surface area contributed by atoms with Crippen molar-refractivity contribution in [1.82, 2.24) is 14.8 Å². The van der Waals surface area contributed by atoms with Gasteiger partial charge in [0.2, 0.25) is 0 Å². The molecule has 0 aliphatic carbocycles. The minimum atomic E-state index is 0.246. The molecule has 1 aromatic heterocycles. The van der Waals surface area contributed by atoms with Gasteiger partial charge in [0.15, 0.2) is 5.82 Å². The molecule has 0 saturated heterocycles. The van der Waals surface area contributed by atoms with E-state index in [9.17, 15) is 0 Å². The standard InChI is InChI=1S/C16H24N4/c1-12(16(2,3)4)10-14-18-19-15(11-17)20(14)13-8-6-5-7-9-13/h5-9,12H,10-11,17H2,1-4H3. The van der Waals surface area contributed by atoms with Gasteiger partial charge in [-0.1, -0.05) is 45.9 Å². The van der Waals surface area contributed by atoms with E-state index in [1.807, 2.05) is 18.2 Å². The van der Waals surface area contributed by atoms with Crippen molar-refractivity contribution in [3.63, 3.8) is 0 Å². The highest BCUT2D eigenvalue weighted by atomic mass is 15.3. The number of nitrogens with zero attached hydrogens (tertiary/aromatic N) is 3. The first kappa shape index (κ1) is 14.7. The predicted molar refractivity (Wildman–Crippen MR) is 81.6 cm³/mol. The Hall–Kier alpha value is -1.68. The van der Waals surface area contributed by atoms with Gasteiger partial charge >= 0.3 is 0 Å². The Kier molecular flexibility index (Phi) is 4.23. The molecule has 0 spiro atoms. The van der Waals surface area contributed by atoms with E-state index in [0.29, 0.717) is 12.5 Å². The normalized spacial score (nSPS) is 13.4. The molecule has 1 atom stereocenters. The second-order valence-corrected chi connectivity index (χ2v) is 6.38. The molecule has 2 aromatic rings. The molecule has 2 N–H and O–H groups in total. The van der Waals surface area contributed by atoms with Crippen LogP contribution >= 0.6 is 0 Å². The number of benzene rings is 1. The van der Waals surface area contributed by atoms with E-state index in [-0.39, 0.29) is 5.41 Å². The molecule has 1 heterocycles. The zero-order valence-electron chi connectivity index (χ0n) is 12.8. The van der Waals surface area contributed by atoms with Crippen LogP contribution < -0.4 is 5.73 Å². The van der Waals surface area contributed by atoms with Crippen LogP contribution in [0.4, 0.5) is 0 Å². The van der Waals surface area contributed by atoms with E-state index in [2.05, 4.69) is 54.6 Å². The lowest BCUT2D eigenvalue weighted by molar-refractivity contribution is 0.256. The maximum Gasteiger partial charge on any atom is 0.151 e. The largest absolute Gasteiger partial charge is 0.324 e. The van der Waals surface area contributed by atoms with Gasteiger partial charge in [-0.3, -0.25) is 4.57 Å². The second-order valence-electron chi connectivity index (χ2n) is 6.38. The molecule has 4 nitrogen and oxygen atoms in total. The fraction of sp³-hybridized carbons (Fsp3) is 0.500. The van der Waals surface area contributed by atoms with Gasteiger partial charge in [-0.15, -0.1) is 10.2 Å². The topological polar surface area (TPSA) is 56.7 Å². The Labute approximate surface area is 121 Å². The molecule has 0 aliphatic heterocycles. The van der Waals surface area contributed by atoms with Crippen molar-refractivity contribution in [2.45, 2.75) is 40.7 Å². The number of hydrogen-bond acceptors (Lipinski definition) is 3. The number of para-hydroxylation sites is 1. The molecule has 0 fully saturated rings. The van der Waals surface area contributed by atoms with Crippen molar-refractivity contribution in [2.75, 3.05) is 0 Å². The second kappa shape index (κ2) is 5.75. The summed E-state index contributed by atoms with van der Waals surface area (Å²) in [6.07, 6.45) is 0.894. The smallest absolute Gasteiger partial charge is 0.151 e. The van der Waals surface area contributed by atoms with Crippen LogP contribution in [0.15, 0.2) is 30.3 Å². The summed E-state index contributed by atoms with van der Waals surface area (Å²) in [5.74, 6) is 2.31. The maximum absolute atomic E-state index is 5.79. The molecule has 1 aromatic carbocycles. The Morgan fingerprint density at radius 3 is 2.25 bits per heavy atom. The van der Waals surface area contributed by atoms with Gasteiger partial charge in [-0.2, -0.15) is 0 Å². The van der Waals surface area contributed by atoms with Crippen LogP contribution in [0.5, 0.6) is 0 Å². The van der Waals surface area contributed by atoms with Crippen molar-refractivity contribution in [2.24, 2.45) is 17.1 Å². The highest BCUT2D eigenvalue weighted by Gasteiger charge is 2.23. The SMILES string of the molecule is CC(Cc1nnc(CN)n1-c1ccccc1)C(C)(C)C. The molecule has 4 heteroatoms. The van der Waals surface area contributed by atoms with Crippen LogP contribution in [0, 0.1) is 11.3 Å². The van der Waals surface area contributed by atoms with Crippen LogP contribution in [0.25, 0.3) is 5.69 Å². The van der Waals surface area contributed by atoms with Gasteiger partial charge in [0.1, 0.15) is 5.82 Å². The zero-order valence-corrected chi connectivity index (χ0v) is 12.8. The van der Waals surface area contributed by atoms with E-state index in [1.54, 1.807) is 0 Å². The van der Waals surface area contributed by atoms with Gasteiger partial charge in [0, 0.05) is 12.1 Å². The lowest BCUT2D eigenvalue weighted by atomic mass is 9.80.